The zero-order valence-corrected chi connectivity index (χ0v) is 35.9. The van der Waals surface area contributed by atoms with Gasteiger partial charge in [-0.2, -0.15) is 0 Å². The quantitative estimate of drug-likeness (QED) is 0.0454. The molecule has 0 aliphatic rings. The molecule has 8 aromatic rings. The van der Waals surface area contributed by atoms with Gasteiger partial charge in [0.15, 0.2) is 11.5 Å². The van der Waals surface area contributed by atoms with Crippen LogP contribution in [0.2, 0.25) is 0 Å². The van der Waals surface area contributed by atoms with Crippen LogP contribution in [-0.2, 0) is 21.7 Å². The normalized spacial score (nSPS) is 13.9. The van der Waals surface area contributed by atoms with E-state index in [0.717, 1.165) is 0 Å². The highest BCUT2D eigenvalue weighted by Gasteiger charge is 2.36. The highest BCUT2D eigenvalue weighted by atomic mass is 16.3. The van der Waals surface area contributed by atoms with Crippen LogP contribution in [-0.4, -0.2) is 51.1 Å². The van der Waals surface area contributed by atoms with Crippen LogP contribution >= 0.6 is 0 Å². The molecule has 0 radical (unpaired) electrons. The molecule has 312 valence electrons. The van der Waals surface area contributed by atoms with Gasteiger partial charge >= 0.3 is 0 Å². The van der Waals surface area contributed by atoms with Gasteiger partial charge < -0.3 is 51.1 Å². The predicted molar refractivity (Wildman–Crippen MR) is 240 cm³/mol. The van der Waals surface area contributed by atoms with Crippen molar-refractivity contribution in [2.24, 2.45) is 0 Å². The topological polar surface area (TPSA) is 202 Å². The number of hydrogen-bond acceptors (Lipinski definition) is 10. The van der Waals surface area contributed by atoms with E-state index >= 15 is 0 Å². The maximum absolute atomic E-state index is 12.6. The number of phenols is 8. The van der Waals surface area contributed by atoms with E-state index in [-0.39, 0.29) is 111 Å². The van der Waals surface area contributed by atoms with Crippen molar-refractivity contribution in [1.29, 1.82) is 0 Å². The Balaban J connectivity index is 1.65. The van der Waals surface area contributed by atoms with Gasteiger partial charge in [-0.25, -0.2) is 0 Å². The van der Waals surface area contributed by atoms with Gasteiger partial charge in [0.1, 0.15) is 46.0 Å². The minimum Gasteiger partial charge on any atom is -0.507 e. The Morgan fingerprint density at radius 2 is 0.517 bits per heavy atom. The molecule has 0 spiro atoms. The van der Waals surface area contributed by atoms with E-state index in [4.69, 9.17) is 0 Å². The van der Waals surface area contributed by atoms with Gasteiger partial charge in [-0.15, -0.1) is 0 Å². The first-order chi connectivity index (χ1) is 27.5. The molecule has 0 fully saturated rings. The number of aliphatic hydroxyl groups is 2. The second-order valence-corrected chi connectivity index (χ2v) is 20.5. The molecule has 10 heteroatoms. The van der Waals surface area contributed by atoms with Gasteiger partial charge in [0, 0.05) is 98.0 Å². The van der Waals surface area contributed by atoms with E-state index < -0.39 is 44.7 Å². The first-order valence-electron chi connectivity index (χ1n) is 20.0. The van der Waals surface area contributed by atoms with Crippen LogP contribution in [0.4, 0.5) is 0 Å². The molecule has 0 saturated heterocycles. The van der Waals surface area contributed by atoms with Gasteiger partial charge in [-0.1, -0.05) is 83.1 Å². The summed E-state index contributed by atoms with van der Waals surface area (Å²) < 4.78 is 0. The summed E-state index contributed by atoms with van der Waals surface area (Å²) in [5, 5.41) is 123. The van der Waals surface area contributed by atoms with E-state index in [2.05, 4.69) is 0 Å². The summed E-state index contributed by atoms with van der Waals surface area (Å²) in [5.74, 6) is -3.86. The summed E-state index contributed by atoms with van der Waals surface area (Å²) in [6.07, 6.45) is 0. The Morgan fingerprint density at radius 3 is 0.767 bits per heavy atom. The van der Waals surface area contributed by atoms with Crippen molar-refractivity contribution in [2.45, 2.75) is 105 Å². The maximum Gasteiger partial charge on any atom is 0.166 e. The number of aromatic hydroxyl groups is 8. The average molecular weight is 813 g/mol. The summed E-state index contributed by atoms with van der Waals surface area (Å²) in [6.45, 7) is 21.7. The number of hydrogen-bond donors (Lipinski definition) is 10. The lowest BCUT2D eigenvalue weighted by Crippen LogP contribution is -2.14. The number of rotatable bonds is 2. The molecule has 0 heterocycles. The fraction of sp³-hybridized carbons (Fsp3) is 0.320. The monoisotopic (exact) mass is 812 g/mol. The van der Waals surface area contributed by atoms with E-state index in [0.29, 0.717) is 21.5 Å². The molecule has 0 saturated carbocycles. The van der Waals surface area contributed by atoms with Crippen molar-refractivity contribution < 1.29 is 51.1 Å². The molecule has 0 atom stereocenters. The van der Waals surface area contributed by atoms with Gasteiger partial charge in [0.2, 0.25) is 0 Å². The first kappa shape index (κ1) is 40.4. The number of phenolic OH excluding ortho intramolecular Hbond substituents is 8. The average Bonchev–Trinajstić information content (AvgIpc) is 3.11. The van der Waals surface area contributed by atoms with E-state index in [1.54, 1.807) is 65.8 Å². The van der Waals surface area contributed by atoms with E-state index in [9.17, 15) is 51.1 Å². The highest BCUT2D eigenvalue weighted by molar-refractivity contribution is 6.32. The molecule has 0 unspecified atom stereocenters. The Kier molecular flexibility index (Phi) is 8.13. The van der Waals surface area contributed by atoms with E-state index in [1.165, 1.54) is 12.1 Å². The third-order valence-electron chi connectivity index (χ3n) is 12.2. The molecular formula is C50H52O10. The van der Waals surface area contributed by atoms with Crippen LogP contribution < -0.4 is 0 Å². The van der Waals surface area contributed by atoms with Gasteiger partial charge in [0.05, 0.1) is 0 Å². The maximum atomic E-state index is 12.6. The minimum atomic E-state index is -0.851. The van der Waals surface area contributed by atoms with Crippen LogP contribution in [0.1, 0.15) is 116 Å². The largest absolute Gasteiger partial charge is 0.507 e. The Labute approximate surface area is 346 Å². The molecular weight excluding hydrogens is 761 g/mol. The molecule has 10 N–H and O–H groups in total. The third kappa shape index (κ3) is 5.18. The third-order valence-corrected chi connectivity index (χ3v) is 12.2. The molecule has 0 aromatic heterocycles. The summed E-state index contributed by atoms with van der Waals surface area (Å²) in [5.41, 5.74) is -2.83. The smallest absolute Gasteiger partial charge is 0.166 e. The highest BCUT2D eigenvalue weighted by Crippen LogP contribution is 2.58. The molecule has 0 aliphatic heterocycles. The summed E-state index contributed by atoms with van der Waals surface area (Å²) in [7, 11) is 0. The molecule has 8 rings (SSSR count). The Hall–Kier alpha value is -6.42. The number of benzene rings is 8. The van der Waals surface area contributed by atoms with Crippen molar-refractivity contribution in [1.82, 2.24) is 0 Å². The molecule has 0 aliphatic carbocycles. The van der Waals surface area contributed by atoms with Gasteiger partial charge in [-0.3, -0.25) is 0 Å². The molecule has 60 heavy (non-hydrogen) atoms. The molecule has 0 amide bonds. The van der Waals surface area contributed by atoms with Crippen molar-refractivity contribution in [3.05, 3.63) is 69.8 Å². The van der Waals surface area contributed by atoms with Crippen molar-refractivity contribution in [3.63, 3.8) is 0 Å². The first-order valence-corrected chi connectivity index (χ1v) is 20.0. The predicted octanol–water partition coefficient (Wildman–Crippen LogP) is 12.3. The summed E-state index contributed by atoms with van der Waals surface area (Å²) >= 11 is 0. The lowest BCUT2D eigenvalue weighted by atomic mass is 9.77. The van der Waals surface area contributed by atoms with Crippen LogP contribution in [0.3, 0.4) is 0 Å². The summed E-state index contributed by atoms with van der Waals surface area (Å²) in [6, 6.07) is 9.32. The second-order valence-electron chi connectivity index (χ2n) is 20.5. The van der Waals surface area contributed by atoms with Crippen LogP contribution in [0.5, 0.6) is 46.0 Å². The standard InChI is InChI=1S/C50H52O10/c1-47(2,3)33-37(51)19-13-15-21-29-27(19)23(41(33)55)17-25(31(29)45(59)35(39(21)53)49(7,8)9)43(57)44(58)26-18-24-28-20(38(52)34(42(24)56)48(4,5)6)14-16-22-30(28)32(26)46(60)36(40(22)54)50(10,11)12/h13-18,51-60H,1-12H3/b44-43-. The van der Waals surface area contributed by atoms with Crippen LogP contribution in [0.15, 0.2) is 36.4 Å². The Morgan fingerprint density at radius 1 is 0.300 bits per heavy atom. The van der Waals surface area contributed by atoms with Gasteiger partial charge in [0.25, 0.3) is 0 Å². The SMILES string of the molecule is CC(C)(C)c1c(O)c2ccc3c(O)c(C(C)(C)C)c(O)c4c(/C(O)=C(/O)c5cc6c(O)c(C(C)(C)C)c(O)c7ccc8c(O)c(C(C)(C)C)c(O)c5c8c76)cc(c1O)c2c34. The van der Waals surface area contributed by atoms with E-state index in [1.807, 2.05) is 41.5 Å². The number of aliphatic hydroxyl groups excluding tert-OH is 2. The zero-order chi connectivity index (χ0) is 44.4. The Bertz CT molecular complexity index is 3000. The van der Waals surface area contributed by atoms with Gasteiger partial charge in [-0.05, 0) is 58.1 Å². The van der Waals surface area contributed by atoms with Crippen LogP contribution in [0.25, 0.3) is 76.2 Å². The zero-order valence-electron chi connectivity index (χ0n) is 35.9. The van der Waals surface area contributed by atoms with Crippen molar-refractivity contribution >= 4 is 76.2 Å². The fourth-order valence-electron chi connectivity index (χ4n) is 9.76. The minimum absolute atomic E-state index is 0.00865. The summed E-state index contributed by atoms with van der Waals surface area (Å²) in [4.78, 5) is 0. The fourth-order valence-corrected chi connectivity index (χ4v) is 9.76. The van der Waals surface area contributed by atoms with Crippen molar-refractivity contribution in [3.8, 4) is 46.0 Å². The lowest BCUT2D eigenvalue weighted by molar-refractivity contribution is 0.415. The van der Waals surface area contributed by atoms with Crippen LogP contribution in [0, 0.1) is 0 Å². The molecule has 0 bridgehead atoms. The van der Waals surface area contributed by atoms with Crippen molar-refractivity contribution in [2.75, 3.05) is 0 Å². The second kappa shape index (κ2) is 12.1. The lowest BCUT2D eigenvalue weighted by Gasteiger charge is -2.29. The molecule has 10 nitrogen and oxygen atoms in total. The molecule has 8 aromatic carbocycles.